The molecule has 0 fully saturated rings. The van der Waals surface area contributed by atoms with Crippen LogP contribution in [0.2, 0.25) is 0 Å². The smallest absolute Gasteiger partial charge is 0.161 e. The lowest BCUT2D eigenvalue weighted by molar-refractivity contribution is 0.422. The number of aryl methyl sites for hydroxylation is 2. The number of nitrogens with one attached hydrogen (secondary N) is 1. The molecular formula is C16H21BrN4. The summed E-state index contributed by atoms with van der Waals surface area (Å²) in [5.74, 6) is 0.721. The highest BCUT2D eigenvalue weighted by atomic mass is 79.9. The Labute approximate surface area is 134 Å². The first-order valence-corrected chi connectivity index (χ1v) is 7.75. The van der Waals surface area contributed by atoms with Crippen LogP contribution in [0.5, 0.6) is 0 Å². The van der Waals surface area contributed by atoms with Gasteiger partial charge in [0.1, 0.15) is 0 Å². The Morgan fingerprint density at radius 1 is 1.10 bits per heavy atom. The molecule has 0 amide bonds. The first-order valence-electron chi connectivity index (χ1n) is 6.96. The molecule has 4 nitrogen and oxygen atoms in total. The zero-order valence-corrected chi connectivity index (χ0v) is 14.7. The van der Waals surface area contributed by atoms with Crippen LogP contribution in [0.15, 0.2) is 22.9 Å². The third-order valence-corrected chi connectivity index (χ3v) is 3.61. The summed E-state index contributed by atoms with van der Waals surface area (Å²) in [6.07, 6.45) is 3.54. The van der Waals surface area contributed by atoms with Crippen molar-refractivity contribution in [2.24, 2.45) is 0 Å². The Morgan fingerprint density at radius 2 is 1.71 bits per heavy atom. The fraction of sp³-hybridized carbons (Fsp3) is 0.438. The minimum absolute atomic E-state index is 0.0752. The van der Waals surface area contributed by atoms with Crippen LogP contribution in [0.4, 0.5) is 0 Å². The summed E-state index contributed by atoms with van der Waals surface area (Å²) in [6.45, 7) is 11.3. The van der Waals surface area contributed by atoms with E-state index >= 15 is 0 Å². The molecule has 21 heavy (non-hydrogen) atoms. The van der Waals surface area contributed by atoms with Crippen molar-refractivity contribution in [1.82, 2.24) is 20.3 Å². The van der Waals surface area contributed by atoms with Gasteiger partial charge in [-0.3, -0.25) is 4.98 Å². The van der Waals surface area contributed by atoms with E-state index in [4.69, 9.17) is 0 Å². The monoisotopic (exact) mass is 348 g/mol. The Morgan fingerprint density at radius 3 is 2.24 bits per heavy atom. The number of hydrogen-bond acceptors (Lipinski definition) is 4. The minimum Gasteiger partial charge on any atom is -0.308 e. The lowest BCUT2D eigenvalue weighted by Crippen LogP contribution is -2.35. The van der Waals surface area contributed by atoms with Gasteiger partial charge in [-0.05, 0) is 56.6 Å². The van der Waals surface area contributed by atoms with E-state index in [2.05, 4.69) is 57.0 Å². The van der Waals surface area contributed by atoms with E-state index in [1.54, 1.807) is 12.4 Å². The molecule has 0 saturated carbocycles. The number of aromatic nitrogens is 3. The zero-order valence-electron chi connectivity index (χ0n) is 13.2. The molecule has 0 bridgehead atoms. The second-order valence-corrected chi connectivity index (χ2v) is 7.11. The van der Waals surface area contributed by atoms with Crippen LogP contribution >= 0.6 is 15.9 Å². The number of nitrogens with zero attached hydrogens (tertiary/aromatic N) is 3. The molecule has 0 atom stereocenters. The van der Waals surface area contributed by atoms with Gasteiger partial charge in [0.25, 0.3) is 0 Å². The van der Waals surface area contributed by atoms with Crippen molar-refractivity contribution in [2.75, 3.05) is 0 Å². The van der Waals surface area contributed by atoms with E-state index in [0.717, 1.165) is 39.4 Å². The minimum atomic E-state index is 0.0752. The second kappa shape index (κ2) is 6.20. The molecule has 112 valence electrons. The predicted molar refractivity (Wildman–Crippen MR) is 89.0 cm³/mol. The van der Waals surface area contributed by atoms with Crippen LogP contribution in [-0.4, -0.2) is 20.5 Å². The maximum atomic E-state index is 4.63. The highest BCUT2D eigenvalue weighted by Gasteiger charge is 2.14. The van der Waals surface area contributed by atoms with Gasteiger partial charge in [0.2, 0.25) is 0 Å². The number of rotatable bonds is 3. The summed E-state index contributed by atoms with van der Waals surface area (Å²) < 4.78 is 0.928. The standard InChI is InChI=1S/C16H21BrN4/c1-10-14(9-19-16(3,4)5)11(2)21-15(20-10)12-6-13(17)8-18-7-12/h6-8,19H,9H2,1-5H3. The van der Waals surface area contributed by atoms with E-state index in [1.807, 2.05) is 19.9 Å². The van der Waals surface area contributed by atoms with Gasteiger partial charge in [0.05, 0.1) is 0 Å². The lowest BCUT2D eigenvalue weighted by Gasteiger charge is -2.22. The Balaban J connectivity index is 2.33. The van der Waals surface area contributed by atoms with E-state index in [-0.39, 0.29) is 5.54 Å². The second-order valence-electron chi connectivity index (χ2n) is 6.19. The van der Waals surface area contributed by atoms with Gasteiger partial charge in [-0.15, -0.1) is 0 Å². The summed E-state index contributed by atoms with van der Waals surface area (Å²) >= 11 is 3.43. The van der Waals surface area contributed by atoms with Gasteiger partial charge in [-0.1, -0.05) is 0 Å². The van der Waals surface area contributed by atoms with Crippen molar-refractivity contribution in [2.45, 2.75) is 46.7 Å². The molecule has 2 rings (SSSR count). The van der Waals surface area contributed by atoms with Crippen LogP contribution in [0, 0.1) is 13.8 Å². The van der Waals surface area contributed by atoms with Crippen molar-refractivity contribution in [3.63, 3.8) is 0 Å². The number of hydrogen-bond donors (Lipinski definition) is 1. The van der Waals surface area contributed by atoms with Crippen LogP contribution in [-0.2, 0) is 6.54 Å². The van der Waals surface area contributed by atoms with Gasteiger partial charge in [-0.2, -0.15) is 0 Å². The van der Waals surface area contributed by atoms with Crippen molar-refractivity contribution in [1.29, 1.82) is 0 Å². The highest BCUT2D eigenvalue weighted by Crippen LogP contribution is 2.21. The molecule has 0 aromatic carbocycles. The topological polar surface area (TPSA) is 50.7 Å². The fourth-order valence-electron chi connectivity index (χ4n) is 2.01. The maximum absolute atomic E-state index is 4.63. The Hall–Kier alpha value is -1.33. The normalized spacial score (nSPS) is 11.7. The summed E-state index contributed by atoms with van der Waals surface area (Å²) in [5.41, 5.74) is 4.18. The van der Waals surface area contributed by atoms with E-state index < -0.39 is 0 Å². The highest BCUT2D eigenvalue weighted by molar-refractivity contribution is 9.10. The van der Waals surface area contributed by atoms with Crippen molar-refractivity contribution in [3.8, 4) is 11.4 Å². The fourth-order valence-corrected chi connectivity index (χ4v) is 2.38. The average molecular weight is 349 g/mol. The molecule has 0 radical (unpaired) electrons. The third kappa shape index (κ3) is 4.32. The molecule has 0 aliphatic heterocycles. The molecule has 0 spiro atoms. The third-order valence-electron chi connectivity index (χ3n) is 3.18. The summed E-state index contributed by atoms with van der Waals surface area (Å²) in [7, 11) is 0. The summed E-state index contributed by atoms with van der Waals surface area (Å²) in [6, 6.07) is 1.98. The van der Waals surface area contributed by atoms with E-state index in [1.165, 1.54) is 0 Å². The first-order chi connectivity index (χ1) is 9.76. The molecule has 0 unspecified atom stereocenters. The Bertz CT molecular complexity index is 624. The molecule has 0 aliphatic rings. The Kier molecular flexibility index (Phi) is 4.74. The largest absolute Gasteiger partial charge is 0.308 e. The zero-order chi connectivity index (χ0) is 15.6. The molecule has 5 heteroatoms. The predicted octanol–water partition coefficient (Wildman–Crippen LogP) is 3.81. The summed E-state index contributed by atoms with van der Waals surface area (Å²) in [4.78, 5) is 13.4. The lowest BCUT2D eigenvalue weighted by atomic mass is 10.1. The van der Waals surface area contributed by atoms with Crippen LogP contribution < -0.4 is 5.32 Å². The van der Waals surface area contributed by atoms with Crippen molar-refractivity contribution in [3.05, 3.63) is 39.9 Å². The van der Waals surface area contributed by atoms with Crippen molar-refractivity contribution >= 4 is 15.9 Å². The van der Waals surface area contributed by atoms with Gasteiger partial charge in [-0.25, -0.2) is 9.97 Å². The van der Waals surface area contributed by atoms with Crippen LogP contribution in [0.25, 0.3) is 11.4 Å². The molecule has 0 saturated heterocycles. The van der Waals surface area contributed by atoms with Gasteiger partial charge < -0.3 is 5.32 Å². The van der Waals surface area contributed by atoms with E-state index in [0.29, 0.717) is 0 Å². The van der Waals surface area contributed by atoms with Gasteiger partial charge >= 0.3 is 0 Å². The molecule has 1 N–H and O–H groups in total. The quantitative estimate of drug-likeness (QED) is 0.916. The summed E-state index contributed by atoms with van der Waals surface area (Å²) in [5, 5.41) is 3.49. The molecular weight excluding hydrogens is 328 g/mol. The molecule has 2 aromatic rings. The van der Waals surface area contributed by atoms with Crippen LogP contribution in [0.1, 0.15) is 37.7 Å². The average Bonchev–Trinajstić information content (AvgIpc) is 2.36. The SMILES string of the molecule is Cc1nc(-c2cncc(Br)c2)nc(C)c1CNC(C)(C)C. The van der Waals surface area contributed by atoms with Gasteiger partial charge in [0.15, 0.2) is 5.82 Å². The maximum Gasteiger partial charge on any atom is 0.161 e. The molecule has 2 heterocycles. The van der Waals surface area contributed by atoms with Gasteiger partial charge in [0, 0.05) is 51.5 Å². The number of pyridine rings is 1. The van der Waals surface area contributed by atoms with Crippen LogP contribution in [0.3, 0.4) is 0 Å². The molecule has 2 aromatic heterocycles. The van der Waals surface area contributed by atoms with Crippen molar-refractivity contribution < 1.29 is 0 Å². The first kappa shape index (κ1) is 16.0. The van der Waals surface area contributed by atoms with E-state index in [9.17, 15) is 0 Å². The molecule has 0 aliphatic carbocycles. The number of halogens is 1.